The number of anilines is 3. The number of para-hydroxylation sites is 1. The van der Waals surface area contributed by atoms with Crippen LogP contribution in [0.5, 0.6) is 0 Å². The largest absolute Gasteiger partial charge is 0.369 e. The molecular formula is C22H22FN3O3. The van der Waals surface area contributed by atoms with Crippen molar-refractivity contribution in [2.24, 2.45) is 0 Å². The van der Waals surface area contributed by atoms with Crippen LogP contribution >= 0.6 is 0 Å². The highest BCUT2D eigenvalue weighted by molar-refractivity contribution is 6.31. The second-order valence-corrected chi connectivity index (χ2v) is 7.46. The first kappa shape index (κ1) is 18.1. The van der Waals surface area contributed by atoms with E-state index in [1.165, 1.54) is 6.07 Å². The Bertz CT molecular complexity index is 975. The van der Waals surface area contributed by atoms with Crippen LogP contribution in [0.15, 0.2) is 48.7 Å². The second kappa shape index (κ2) is 7.17. The molecule has 1 amide bonds. The molecule has 7 heteroatoms. The molecule has 6 nitrogen and oxygen atoms in total. The minimum absolute atomic E-state index is 0.172. The van der Waals surface area contributed by atoms with E-state index in [1.54, 1.807) is 12.3 Å². The van der Waals surface area contributed by atoms with Crippen molar-refractivity contribution in [1.82, 2.24) is 0 Å². The Labute approximate surface area is 168 Å². The first-order chi connectivity index (χ1) is 14.1. The molecule has 0 atom stereocenters. The van der Waals surface area contributed by atoms with Gasteiger partial charge in [-0.3, -0.25) is 4.79 Å². The van der Waals surface area contributed by atoms with Gasteiger partial charge >= 0.3 is 0 Å². The minimum atomic E-state index is -0.473. The normalized spacial score (nSPS) is 21.5. The van der Waals surface area contributed by atoms with E-state index >= 15 is 0 Å². The van der Waals surface area contributed by atoms with Crippen LogP contribution in [-0.2, 0) is 14.3 Å². The zero-order chi connectivity index (χ0) is 19.8. The number of nitrogens with zero attached hydrogens (tertiary/aromatic N) is 1. The third-order valence-corrected chi connectivity index (χ3v) is 5.72. The van der Waals surface area contributed by atoms with E-state index in [1.807, 2.05) is 35.2 Å². The van der Waals surface area contributed by atoms with Gasteiger partial charge < -0.3 is 25.0 Å². The van der Waals surface area contributed by atoms with Gasteiger partial charge in [-0.2, -0.15) is 0 Å². The number of nitrogens with one attached hydrogen (secondary N) is 2. The highest BCUT2D eigenvalue weighted by Gasteiger charge is 2.40. The fourth-order valence-electron chi connectivity index (χ4n) is 4.16. The minimum Gasteiger partial charge on any atom is -0.369 e. The molecule has 150 valence electrons. The van der Waals surface area contributed by atoms with Crippen molar-refractivity contribution in [2.75, 3.05) is 41.8 Å². The van der Waals surface area contributed by atoms with Gasteiger partial charge in [0, 0.05) is 49.1 Å². The zero-order valence-corrected chi connectivity index (χ0v) is 15.9. The van der Waals surface area contributed by atoms with Gasteiger partial charge in [-0.1, -0.05) is 18.2 Å². The highest BCUT2D eigenvalue weighted by atomic mass is 19.1. The van der Waals surface area contributed by atoms with Gasteiger partial charge in [-0.15, -0.1) is 0 Å². The van der Waals surface area contributed by atoms with E-state index in [-0.39, 0.29) is 11.7 Å². The third-order valence-electron chi connectivity index (χ3n) is 5.72. The average Bonchev–Trinajstić information content (AvgIpc) is 3.31. The standard InChI is InChI=1S/C22H22FN3O3/c23-18-13-15(24-14-17-16-3-1-2-4-19(16)25-21(17)27)5-6-20(18)26-9-7-22(8-10-26)28-11-12-29-22/h1-6,13-14,24H,7-12H2,(H,25,27). The van der Waals surface area contributed by atoms with Crippen LogP contribution in [0.1, 0.15) is 18.4 Å². The number of halogens is 1. The molecule has 3 aliphatic rings. The van der Waals surface area contributed by atoms with Gasteiger partial charge in [0.1, 0.15) is 5.82 Å². The van der Waals surface area contributed by atoms with Gasteiger partial charge in [0.05, 0.1) is 24.5 Å². The maximum absolute atomic E-state index is 14.8. The number of fused-ring (bicyclic) bond motifs is 1. The molecular weight excluding hydrogens is 373 g/mol. The van der Waals surface area contributed by atoms with Gasteiger partial charge in [0.25, 0.3) is 5.91 Å². The van der Waals surface area contributed by atoms with Crippen molar-refractivity contribution < 1.29 is 18.7 Å². The molecule has 0 aromatic heterocycles. The van der Waals surface area contributed by atoms with E-state index in [0.717, 1.165) is 24.1 Å². The Hall–Kier alpha value is -2.90. The molecule has 2 aromatic rings. The predicted octanol–water partition coefficient (Wildman–Crippen LogP) is 3.57. The lowest BCUT2D eigenvalue weighted by Crippen LogP contribution is -2.45. The van der Waals surface area contributed by atoms with Crippen LogP contribution in [0, 0.1) is 5.82 Å². The molecule has 0 saturated carbocycles. The number of benzene rings is 2. The molecule has 0 bridgehead atoms. The second-order valence-electron chi connectivity index (χ2n) is 7.46. The zero-order valence-electron chi connectivity index (χ0n) is 15.9. The summed E-state index contributed by atoms with van der Waals surface area (Å²) in [7, 11) is 0. The number of hydrogen-bond acceptors (Lipinski definition) is 5. The molecule has 0 unspecified atom stereocenters. The van der Waals surface area contributed by atoms with Crippen LogP contribution < -0.4 is 15.5 Å². The Morgan fingerprint density at radius 1 is 1.10 bits per heavy atom. The van der Waals surface area contributed by atoms with Crippen molar-refractivity contribution >= 4 is 28.5 Å². The lowest BCUT2D eigenvalue weighted by Gasteiger charge is -2.38. The molecule has 1 spiro atoms. The molecule has 2 fully saturated rings. The fraction of sp³-hybridized carbons (Fsp3) is 0.318. The summed E-state index contributed by atoms with van der Waals surface area (Å²) in [6, 6.07) is 12.5. The van der Waals surface area contributed by atoms with Crippen LogP contribution in [0.25, 0.3) is 5.57 Å². The lowest BCUT2D eigenvalue weighted by atomic mass is 10.0. The predicted molar refractivity (Wildman–Crippen MR) is 109 cm³/mol. The van der Waals surface area contributed by atoms with Crippen molar-refractivity contribution in [2.45, 2.75) is 18.6 Å². The number of carbonyl (C=O) groups excluding carboxylic acids is 1. The summed E-state index contributed by atoms with van der Waals surface area (Å²) < 4.78 is 26.3. The molecule has 3 heterocycles. The summed E-state index contributed by atoms with van der Waals surface area (Å²) >= 11 is 0. The Balaban J connectivity index is 1.29. The van der Waals surface area contributed by atoms with Crippen molar-refractivity contribution in [3.63, 3.8) is 0 Å². The van der Waals surface area contributed by atoms with E-state index in [4.69, 9.17) is 9.47 Å². The summed E-state index contributed by atoms with van der Waals surface area (Å²) in [5.41, 5.74) is 3.31. The lowest BCUT2D eigenvalue weighted by molar-refractivity contribution is -0.169. The molecule has 2 N–H and O–H groups in total. The number of carbonyl (C=O) groups is 1. The summed E-state index contributed by atoms with van der Waals surface area (Å²) in [5, 5.41) is 5.87. The molecule has 29 heavy (non-hydrogen) atoms. The molecule has 0 radical (unpaired) electrons. The van der Waals surface area contributed by atoms with Gasteiger partial charge in [-0.25, -0.2) is 4.39 Å². The maximum Gasteiger partial charge on any atom is 0.257 e. The number of ether oxygens (including phenoxy) is 2. The monoisotopic (exact) mass is 395 g/mol. The SMILES string of the molecule is O=C1Nc2ccccc2C1=CNc1ccc(N2CCC3(CC2)OCCO3)c(F)c1. The molecule has 0 aliphatic carbocycles. The smallest absolute Gasteiger partial charge is 0.257 e. The van der Waals surface area contributed by atoms with Crippen LogP contribution in [0.4, 0.5) is 21.5 Å². The van der Waals surface area contributed by atoms with Crippen molar-refractivity contribution in [3.8, 4) is 0 Å². The third kappa shape index (κ3) is 3.36. The van der Waals surface area contributed by atoms with Gasteiger partial charge in [-0.05, 0) is 24.3 Å². The maximum atomic E-state index is 14.8. The van der Waals surface area contributed by atoms with E-state index in [2.05, 4.69) is 10.6 Å². The summed E-state index contributed by atoms with van der Waals surface area (Å²) in [6.45, 7) is 2.63. The topological polar surface area (TPSA) is 62.8 Å². The summed E-state index contributed by atoms with van der Waals surface area (Å²) in [4.78, 5) is 14.2. The van der Waals surface area contributed by atoms with E-state index in [0.29, 0.717) is 43.3 Å². The van der Waals surface area contributed by atoms with Crippen LogP contribution in [-0.4, -0.2) is 38.0 Å². The molecule has 2 aromatic carbocycles. The van der Waals surface area contributed by atoms with Crippen molar-refractivity contribution in [3.05, 3.63) is 60.0 Å². The molecule has 3 aliphatic heterocycles. The average molecular weight is 395 g/mol. The van der Waals surface area contributed by atoms with Crippen LogP contribution in [0.2, 0.25) is 0 Å². The number of hydrogen-bond donors (Lipinski definition) is 2. The van der Waals surface area contributed by atoms with E-state index < -0.39 is 5.79 Å². The van der Waals surface area contributed by atoms with Gasteiger partial charge in [0.15, 0.2) is 5.79 Å². The van der Waals surface area contributed by atoms with E-state index in [9.17, 15) is 9.18 Å². The quantitative estimate of drug-likeness (QED) is 0.778. The summed E-state index contributed by atoms with van der Waals surface area (Å²) in [5.74, 6) is -0.943. The Morgan fingerprint density at radius 3 is 2.62 bits per heavy atom. The number of amides is 1. The number of piperidine rings is 1. The van der Waals surface area contributed by atoms with Crippen LogP contribution in [0.3, 0.4) is 0 Å². The molecule has 5 rings (SSSR count). The first-order valence-corrected chi connectivity index (χ1v) is 9.83. The molecule has 2 saturated heterocycles. The fourth-order valence-corrected chi connectivity index (χ4v) is 4.16. The Morgan fingerprint density at radius 2 is 1.86 bits per heavy atom. The number of rotatable bonds is 3. The summed E-state index contributed by atoms with van der Waals surface area (Å²) in [6.07, 6.45) is 3.08. The highest BCUT2D eigenvalue weighted by Crippen LogP contribution is 2.35. The van der Waals surface area contributed by atoms with Crippen molar-refractivity contribution in [1.29, 1.82) is 0 Å². The Kier molecular flexibility index (Phi) is 4.49. The first-order valence-electron chi connectivity index (χ1n) is 9.83. The van der Waals surface area contributed by atoms with Gasteiger partial charge in [0.2, 0.25) is 0 Å².